The molecule has 0 aromatic carbocycles. The first-order valence-electron chi connectivity index (χ1n) is 5.60. The fourth-order valence-corrected chi connectivity index (χ4v) is 2.01. The zero-order chi connectivity index (χ0) is 10.8. The SMILES string of the molecule is c1cc2cnoc2nc1NCC1CCCN1. The number of hydrogen-bond acceptors (Lipinski definition) is 5. The van der Waals surface area contributed by atoms with Crippen LogP contribution in [0.1, 0.15) is 12.8 Å². The monoisotopic (exact) mass is 218 g/mol. The first kappa shape index (κ1) is 9.59. The van der Waals surface area contributed by atoms with E-state index in [0.29, 0.717) is 11.8 Å². The Morgan fingerprint density at radius 2 is 2.50 bits per heavy atom. The standard InChI is InChI=1S/C11H14N4O/c1-2-9(12-5-1)7-13-10-4-3-8-6-14-16-11(8)15-10/h3-4,6,9,12H,1-2,5,7H2,(H,13,15). The highest BCUT2D eigenvalue weighted by atomic mass is 16.5. The summed E-state index contributed by atoms with van der Waals surface area (Å²) in [6.07, 6.45) is 4.17. The van der Waals surface area contributed by atoms with Crippen molar-refractivity contribution in [2.24, 2.45) is 0 Å². The van der Waals surface area contributed by atoms with E-state index in [1.807, 2.05) is 12.1 Å². The van der Waals surface area contributed by atoms with Gasteiger partial charge in [-0.05, 0) is 31.5 Å². The van der Waals surface area contributed by atoms with Gasteiger partial charge in [0.2, 0.25) is 0 Å². The third kappa shape index (κ3) is 1.86. The summed E-state index contributed by atoms with van der Waals surface area (Å²) in [6, 6.07) is 4.48. The van der Waals surface area contributed by atoms with E-state index in [1.165, 1.54) is 12.8 Å². The van der Waals surface area contributed by atoms with Crippen LogP contribution in [-0.2, 0) is 0 Å². The van der Waals surface area contributed by atoms with Gasteiger partial charge in [0.05, 0.1) is 11.6 Å². The summed E-state index contributed by atoms with van der Waals surface area (Å²) in [5.41, 5.74) is 0.587. The van der Waals surface area contributed by atoms with E-state index >= 15 is 0 Å². The van der Waals surface area contributed by atoms with Gasteiger partial charge in [-0.2, -0.15) is 4.98 Å². The number of aromatic nitrogens is 2. The molecule has 1 atom stereocenters. The summed E-state index contributed by atoms with van der Waals surface area (Å²) in [5.74, 6) is 0.845. The van der Waals surface area contributed by atoms with Crippen LogP contribution in [0.5, 0.6) is 0 Å². The molecule has 0 radical (unpaired) electrons. The third-order valence-electron chi connectivity index (χ3n) is 2.91. The summed E-state index contributed by atoms with van der Waals surface area (Å²) < 4.78 is 5.01. The Labute approximate surface area is 93.2 Å². The first-order valence-corrected chi connectivity index (χ1v) is 5.60. The summed E-state index contributed by atoms with van der Waals surface area (Å²) in [5, 5.41) is 11.4. The van der Waals surface area contributed by atoms with E-state index < -0.39 is 0 Å². The highest BCUT2D eigenvalue weighted by molar-refractivity contribution is 5.73. The number of nitrogens with zero attached hydrogens (tertiary/aromatic N) is 2. The minimum atomic E-state index is 0.562. The van der Waals surface area contributed by atoms with E-state index in [4.69, 9.17) is 4.52 Å². The summed E-state index contributed by atoms with van der Waals surface area (Å²) in [4.78, 5) is 4.33. The van der Waals surface area contributed by atoms with Crippen LogP contribution >= 0.6 is 0 Å². The van der Waals surface area contributed by atoms with Gasteiger partial charge in [0.15, 0.2) is 0 Å². The third-order valence-corrected chi connectivity index (χ3v) is 2.91. The van der Waals surface area contributed by atoms with Gasteiger partial charge in [0.1, 0.15) is 5.82 Å². The van der Waals surface area contributed by atoms with E-state index in [-0.39, 0.29) is 0 Å². The Balaban J connectivity index is 1.68. The van der Waals surface area contributed by atoms with E-state index in [2.05, 4.69) is 20.8 Å². The molecule has 16 heavy (non-hydrogen) atoms. The maximum absolute atomic E-state index is 5.01. The van der Waals surface area contributed by atoms with Gasteiger partial charge < -0.3 is 15.2 Å². The van der Waals surface area contributed by atoms with Crippen LogP contribution in [0, 0.1) is 0 Å². The Morgan fingerprint density at radius 1 is 1.50 bits per heavy atom. The van der Waals surface area contributed by atoms with Crippen molar-refractivity contribution in [3.8, 4) is 0 Å². The van der Waals surface area contributed by atoms with Crippen molar-refractivity contribution in [1.82, 2.24) is 15.5 Å². The van der Waals surface area contributed by atoms with Gasteiger partial charge in [-0.1, -0.05) is 5.16 Å². The summed E-state index contributed by atoms with van der Waals surface area (Å²) in [7, 11) is 0. The summed E-state index contributed by atoms with van der Waals surface area (Å²) >= 11 is 0. The molecule has 1 fully saturated rings. The molecular formula is C11H14N4O. The first-order chi connectivity index (χ1) is 7.92. The molecule has 84 valence electrons. The maximum atomic E-state index is 5.01. The topological polar surface area (TPSA) is 63.0 Å². The van der Waals surface area contributed by atoms with Crippen LogP contribution in [-0.4, -0.2) is 29.3 Å². The van der Waals surface area contributed by atoms with Crippen LogP contribution < -0.4 is 10.6 Å². The molecule has 5 nitrogen and oxygen atoms in total. The zero-order valence-electron chi connectivity index (χ0n) is 8.94. The molecule has 1 aliphatic heterocycles. The van der Waals surface area contributed by atoms with Crippen LogP contribution in [0.25, 0.3) is 11.1 Å². The number of hydrogen-bond donors (Lipinski definition) is 2. The number of pyridine rings is 1. The minimum absolute atomic E-state index is 0.562. The Kier molecular flexibility index (Phi) is 2.46. The van der Waals surface area contributed by atoms with Gasteiger partial charge in [-0.15, -0.1) is 0 Å². The van der Waals surface area contributed by atoms with E-state index in [0.717, 1.165) is 24.3 Å². The molecule has 2 aromatic heterocycles. The number of fused-ring (bicyclic) bond motifs is 1. The van der Waals surface area contributed by atoms with Crippen molar-refractivity contribution in [3.05, 3.63) is 18.3 Å². The van der Waals surface area contributed by atoms with Gasteiger partial charge in [-0.25, -0.2) is 0 Å². The average Bonchev–Trinajstić information content (AvgIpc) is 2.97. The number of rotatable bonds is 3. The fraction of sp³-hybridized carbons (Fsp3) is 0.455. The molecule has 1 unspecified atom stereocenters. The minimum Gasteiger partial charge on any atom is -0.368 e. The highest BCUT2D eigenvalue weighted by Gasteiger charge is 2.13. The largest absolute Gasteiger partial charge is 0.368 e. The molecule has 0 amide bonds. The predicted octanol–water partition coefficient (Wildman–Crippen LogP) is 1.39. The molecule has 0 saturated carbocycles. The molecule has 0 spiro atoms. The molecular weight excluding hydrogens is 204 g/mol. The van der Waals surface area contributed by atoms with Crippen molar-refractivity contribution in [2.45, 2.75) is 18.9 Å². The average molecular weight is 218 g/mol. The Bertz CT molecular complexity index is 476. The second-order valence-electron chi connectivity index (χ2n) is 4.09. The fourth-order valence-electron chi connectivity index (χ4n) is 2.01. The van der Waals surface area contributed by atoms with Gasteiger partial charge in [0.25, 0.3) is 5.71 Å². The van der Waals surface area contributed by atoms with Crippen molar-refractivity contribution in [3.63, 3.8) is 0 Å². The molecule has 1 aliphatic rings. The van der Waals surface area contributed by atoms with Crippen LogP contribution in [0.4, 0.5) is 5.82 Å². The molecule has 0 aliphatic carbocycles. The lowest BCUT2D eigenvalue weighted by atomic mass is 10.2. The lowest BCUT2D eigenvalue weighted by molar-refractivity contribution is 0.449. The highest BCUT2D eigenvalue weighted by Crippen LogP contribution is 2.14. The van der Waals surface area contributed by atoms with Gasteiger partial charge in [-0.3, -0.25) is 0 Å². The van der Waals surface area contributed by atoms with Crippen molar-refractivity contribution < 1.29 is 4.52 Å². The zero-order valence-corrected chi connectivity index (χ0v) is 8.94. The molecule has 3 heterocycles. The molecule has 2 aromatic rings. The Hall–Kier alpha value is -1.62. The molecule has 1 saturated heterocycles. The molecule has 3 rings (SSSR count). The summed E-state index contributed by atoms with van der Waals surface area (Å²) in [6.45, 7) is 2.04. The van der Waals surface area contributed by atoms with Gasteiger partial charge >= 0.3 is 0 Å². The lowest BCUT2D eigenvalue weighted by Crippen LogP contribution is -2.29. The quantitative estimate of drug-likeness (QED) is 0.815. The Morgan fingerprint density at radius 3 is 3.38 bits per heavy atom. The van der Waals surface area contributed by atoms with Gasteiger partial charge in [0, 0.05) is 12.6 Å². The molecule has 5 heteroatoms. The molecule has 2 N–H and O–H groups in total. The second kappa shape index (κ2) is 4.09. The van der Waals surface area contributed by atoms with E-state index in [1.54, 1.807) is 6.20 Å². The van der Waals surface area contributed by atoms with Crippen molar-refractivity contribution in [1.29, 1.82) is 0 Å². The molecule has 0 bridgehead atoms. The number of nitrogens with one attached hydrogen (secondary N) is 2. The smallest absolute Gasteiger partial charge is 0.259 e. The van der Waals surface area contributed by atoms with Crippen LogP contribution in [0.15, 0.2) is 22.9 Å². The van der Waals surface area contributed by atoms with Crippen LogP contribution in [0.2, 0.25) is 0 Å². The van der Waals surface area contributed by atoms with Crippen molar-refractivity contribution in [2.75, 3.05) is 18.4 Å². The number of anilines is 1. The van der Waals surface area contributed by atoms with E-state index in [9.17, 15) is 0 Å². The second-order valence-corrected chi connectivity index (χ2v) is 4.09. The van der Waals surface area contributed by atoms with Crippen molar-refractivity contribution >= 4 is 16.9 Å². The predicted molar refractivity (Wildman–Crippen MR) is 61.3 cm³/mol. The maximum Gasteiger partial charge on any atom is 0.259 e. The van der Waals surface area contributed by atoms with Crippen LogP contribution in [0.3, 0.4) is 0 Å². The normalized spacial score (nSPS) is 20.4. The lowest BCUT2D eigenvalue weighted by Gasteiger charge is -2.11.